The van der Waals surface area contributed by atoms with E-state index in [0.29, 0.717) is 31.5 Å². The van der Waals surface area contributed by atoms with Crippen LogP contribution in [0, 0.1) is 25.7 Å². The maximum Gasteiger partial charge on any atom is 0.250 e. The lowest BCUT2D eigenvalue weighted by Crippen LogP contribution is -2.53. The van der Waals surface area contributed by atoms with Gasteiger partial charge >= 0.3 is 0 Å². The molecule has 3 saturated heterocycles. The molecule has 2 aromatic carbocycles. The lowest BCUT2D eigenvalue weighted by molar-refractivity contribution is -0.141. The van der Waals surface area contributed by atoms with Crippen LogP contribution >= 0.6 is 0 Å². The van der Waals surface area contributed by atoms with Crippen molar-refractivity contribution in [1.82, 2.24) is 10.2 Å². The zero-order valence-electron chi connectivity index (χ0n) is 20.7. The van der Waals surface area contributed by atoms with Gasteiger partial charge in [-0.3, -0.25) is 14.4 Å². The van der Waals surface area contributed by atoms with Gasteiger partial charge in [0.25, 0.3) is 0 Å². The first-order chi connectivity index (χ1) is 17.4. The molecule has 2 aromatic rings. The van der Waals surface area contributed by atoms with Crippen LogP contribution < -0.4 is 10.6 Å². The summed E-state index contributed by atoms with van der Waals surface area (Å²) in [7, 11) is 0. The second-order valence-corrected chi connectivity index (χ2v) is 10.2. The molecule has 0 saturated carbocycles. The van der Waals surface area contributed by atoms with Gasteiger partial charge in [0.2, 0.25) is 17.7 Å². The number of amides is 3. The van der Waals surface area contributed by atoms with Crippen molar-refractivity contribution in [3.63, 3.8) is 0 Å². The van der Waals surface area contributed by atoms with Gasteiger partial charge in [0.15, 0.2) is 0 Å². The van der Waals surface area contributed by atoms with E-state index < -0.39 is 29.6 Å². The number of nitrogens with one attached hydrogen (secondary N) is 2. The SMILES string of the molecule is Cc1ccc(C)c(NC(=O)C2N(CCCO)C(=O)[C@@H]3[C@@H](C(=O)NCc4ccccc4)[C@H]4CCC23O4)c1. The molecule has 0 aliphatic carbocycles. The highest BCUT2D eigenvalue weighted by molar-refractivity contribution is 6.03. The molecule has 3 amide bonds. The summed E-state index contributed by atoms with van der Waals surface area (Å²) in [6, 6.07) is 14.6. The van der Waals surface area contributed by atoms with Crippen LogP contribution in [0.5, 0.6) is 0 Å². The quantitative estimate of drug-likeness (QED) is 0.525. The van der Waals surface area contributed by atoms with Crippen molar-refractivity contribution in [2.75, 3.05) is 18.5 Å². The molecular formula is C28H33N3O5. The molecule has 3 heterocycles. The van der Waals surface area contributed by atoms with E-state index in [0.717, 1.165) is 16.7 Å². The third-order valence-corrected chi connectivity index (χ3v) is 7.87. The van der Waals surface area contributed by atoms with Gasteiger partial charge in [-0.1, -0.05) is 42.5 Å². The molecule has 8 nitrogen and oxygen atoms in total. The van der Waals surface area contributed by atoms with Crippen molar-refractivity contribution in [3.05, 3.63) is 65.2 Å². The van der Waals surface area contributed by atoms with Crippen LogP contribution in [0.25, 0.3) is 0 Å². The molecule has 3 fully saturated rings. The van der Waals surface area contributed by atoms with Crippen molar-refractivity contribution in [2.24, 2.45) is 11.8 Å². The fourth-order valence-corrected chi connectivity index (χ4v) is 6.21. The Hall–Kier alpha value is -3.23. The second-order valence-electron chi connectivity index (χ2n) is 10.2. The molecule has 3 aliphatic rings. The average molecular weight is 492 g/mol. The largest absolute Gasteiger partial charge is 0.396 e. The number of aliphatic hydroxyl groups excluding tert-OH is 1. The summed E-state index contributed by atoms with van der Waals surface area (Å²) < 4.78 is 6.43. The van der Waals surface area contributed by atoms with E-state index in [2.05, 4.69) is 10.6 Å². The number of aryl methyl sites for hydroxylation is 2. The number of hydrogen-bond donors (Lipinski definition) is 3. The number of benzene rings is 2. The zero-order valence-corrected chi connectivity index (χ0v) is 20.7. The van der Waals surface area contributed by atoms with Crippen molar-refractivity contribution in [2.45, 2.75) is 57.4 Å². The number of carbonyl (C=O) groups excluding carboxylic acids is 3. The Morgan fingerprint density at radius 3 is 2.67 bits per heavy atom. The number of ether oxygens (including phenoxy) is 1. The van der Waals surface area contributed by atoms with Crippen LogP contribution in [0.2, 0.25) is 0 Å². The third kappa shape index (κ3) is 4.08. The molecule has 36 heavy (non-hydrogen) atoms. The fourth-order valence-electron chi connectivity index (χ4n) is 6.21. The van der Waals surface area contributed by atoms with Gasteiger partial charge in [-0.25, -0.2) is 0 Å². The van der Waals surface area contributed by atoms with E-state index in [-0.39, 0.29) is 30.9 Å². The van der Waals surface area contributed by atoms with Gasteiger partial charge in [-0.15, -0.1) is 0 Å². The Bertz CT molecular complexity index is 1170. The normalized spacial score (nSPS) is 28.3. The number of anilines is 1. The van der Waals surface area contributed by atoms with Crippen LogP contribution in [0.4, 0.5) is 5.69 Å². The Kier molecular flexibility index (Phi) is 6.57. The number of carbonyl (C=O) groups is 3. The summed E-state index contributed by atoms with van der Waals surface area (Å²) in [6.07, 6.45) is 1.10. The number of nitrogens with zero attached hydrogens (tertiary/aromatic N) is 1. The standard InChI is InChI=1S/C28H33N3O5/c1-17-9-10-18(2)20(15-17)30-26(34)24-28-12-11-21(36-28)22(23(28)27(35)31(24)13-6-14-32)25(33)29-16-19-7-4-3-5-8-19/h3-5,7-10,15,21-24,32H,6,11-14,16H2,1-2H3,(H,29,33)(H,30,34)/t21-,22+,23+,24?,28?/m1/s1. The van der Waals surface area contributed by atoms with Gasteiger partial charge in [0.05, 0.1) is 17.9 Å². The summed E-state index contributed by atoms with van der Waals surface area (Å²) in [5.74, 6) is -2.15. The van der Waals surface area contributed by atoms with Gasteiger partial charge in [0.1, 0.15) is 11.6 Å². The Morgan fingerprint density at radius 2 is 1.92 bits per heavy atom. The molecule has 8 heteroatoms. The number of likely N-dealkylation sites (tertiary alicyclic amines) is 1. The predicted octanol–water partition coefficient (Wildman–Crippen LogP) is 2.32. The minimum atomic E-state index is -1.05. The van der Waals surface area contributed by atoms with Crippen LogP contribution in [0.1, 0.15) is 36.0 Å². The molecule has 2 bridgehead atoms. The van der Waals surface area contributed by atoms with E-state index in [1.807, 2.05) is 62.4 Å². The minimum Gasteiger partial charge on any atom is -0.396 e. The molecule has 5 atom stereocenters. The number of fused-ring (bicyclic) bond motifs is 1. The highest BCUT2D eigenvalue weighted by atomic mass is 16.5. The first-order valence-corrected chi connectivity index (χ1v) is 12.6. The summed E-state index contributed by atoms with van der Waals surface area (Å²) in [5.41, 5.74) is 2.55. The van der Waals surface area contributed by atoms with Crippen molar-refractivity contribution in [1.29, 1.82) is 0 Å². The van der Waals surface area contributed by atoms with Crippen LogP contribution in [0.3, 0.4) is 0 Å². The molecule has 0 radical (unpaired) electrons. The molecule has 0 aromatic heterocycles. The van der Waals surface area contributed by atoms with Crippen LogP contribution in [0.15, 0.2) is 48.5 Å². The molecule has 190 valence electrons. The summed E-state index contributed by atoms with van der Waals surface area (Å²) in [5, 5.41) is 15.5. The highest BCUT2D eigenvalue weighted by Gasteiger charge is 2.74. The number of aliphatic hydroxyl groups is 1. The molecule has 2 unspecified atom stereocenters. The van der Waals surface area contributed by atoms with E-state index in [9.17, 15) is 19.5 Å². The van der Waals surface area contributed by atoms with Crippen molar-refractivity contribution >= 4 is 23.4 Å². The second kappa shape index (κ2) is 9.67. The monoisotopic (exact) mass is 491 g/mol. The lowest BCUT2D eigenvalue weighted by atomic mass is 9.70. The third-order valence-electron chi connectivity index (χ3n) is 7.87. The zero-order chi connectivity index (χ0) is 25.4. The van der Waals surface area contributed by atoms with Crippen molar-refractivity contribution < 1.29 is 24.2 Å². The topological polar surface area (TPSA) is 108 Å². The average Bonchev–Trinajstić information content (AvgIpc) is 3.51. The first kappa shape index (κ1) is 24.5. The molecule has 3 aliphatic heterocycles. The van der Waals surface area contributed by atoms with Crippen LogP contribution in [-0.2, 0) is 25.7 Å². The van der Waals surface area contributed by atoms with Gasteiger partial charge in [-0.05, 0) is 55.9 Å². The van der Waals surface area contributed by atoms with Gasteiger partial charge in [-0.2, -0.15) is 0 Å². The van der Waals surface area contributed by atoms with Crippen molar-refractivity contribution in [3.8, 4) is 0 Å². The number of hydrogen-bond acceptors (Lipinski definition) is 5. The smallest absolute Gasteiger partial charge is 0.250 e. The molecular weight excluding hydrogens is 458 g/mol. The number of rotatable bonds is 8. The Balaban J connectivity index is 1.42. The Labute approximate surface area is 211 Å². The van der Waals surface area contributed by atoms with E-state index in [1.165, 1.54) is 4.90 Å². The molecule has 5 rings (SSSR count). The first-order valence-electron chi connectivity index (χ1n) is 12.6. The summed E-state index contributed by atoms with van der Waals surface area (Å²) in [6.45, 7) is 4.37. The summed E-state index contributed by atoms with van der Waals surface area (Å²) >= 11 is 0. The predicted molar refractivity (Wildman–Crippen MR) is 134 cm³/mol. The maximum atomic E-state index is 13.8. The van der Waals surface area contributed by atoms with E-state index in [1.54, 1.807) is 0 Å². The lowest BCUT2D eigenvalue weighted by Gasteiger charge is -2.33. The van der Waals surface area contributed by atoms with E-state index >= 15 is 0 Å². The van der Waals surface area contributed by atoms with Gasteiger partial charge in [0, 0.05) is 25.4 Å². The van der Waals surface area contributed by atoms with E-state index in [4.69, 9.17) is 4.74 Å². The molecule has 3 N–H and O–H groups in total. The maximum absolute atomic E-state index is 13.8. The summed E-state index contributed by atoms with van der Waals surface area (Å²) in [4.78, 5) is 42.4. The molecule has 1 spiro atoms. The van der Waals surface area contributed by atoms with Crippen LogP contribution in [-0.4, -0.2) is 58.6 Å². The fraction of sp³-hybridized carbons (Fsp3) is 0.464. The van der Waals surface area contributed by atoms with Gasteiger partial charge < -0.3 is 25.4 Å². The highest BCUT2D eigenvalue weighted by Crippen LogP contribution is 2.58. The minimum absolute atomic E-state index is 0.1000. The Morgan fingerprint density at radius 1 is 1.14 bits per heavy atom.